The van der Waals surface area contributed by atoms with Crippen molar-refractivity contribution in [2.24, 2.45) is 7.05 Å². The van der Waals surface area contributed by atoms with Crippen molar-refractivity contribution in [1.82, 2.24) is 20.0 Å². The summed E-state index contributed by atoms with van der Waals surface area (Å²) < 4.78 is 24.1. The number of aromatic nitrogens is 2. The van der Waals surface area contributed by atoms with E-state index in [1.54, 1.807) is 11.7 Å². The molecule has 1 aliphatic heterocycles. The first-order chi connectivity index (χ1) is 11.3. The minimum Gasteiger partial charge on any atom is -0.348 e. The van der Waals surface area contributed by atoms with Gasteiger partial charge in [-0.25, -0.2) is 8.42 Å². The van der Waals surface area contributed by atoms with Crippen LogP contribution < -0.4 is 5.32 Å². The minimum absolute atomic E-state index is 0.0815. The van der Waals surface area contributed by atoms with E-state index in [1.807, 2.05) is 6.07 Å². The molecule has 0 bridgehead atoms. The number of likely N-dealkylation sites (tertiary alicyclic amines) is 1. The first-order valence-corrected chi connectivity index (χ1v) is 10.6. The number of aryl methyl sites for hydroxylation is 2. The Bertz CT molecular complexity index is 661. The third-order valence-corrected chi connectivity index (χ3v) is 5.29. The summed E-state index contributed by atoms with van der Waals surface area (Å²) in [6, 6.07) is 2.00. The smallest absolute Gasteiger partial charge is 0.269 e. The summed E-state index contributed by atoms with van der Waals surface area (Å²) in [4.78, 5) is 14.6. The van der Waals surface area contributed by atoms with Gasteiger partial charge in [-0.1, -0.05) is 13.3 Å². The Morgan fingerprint density at radius 2 is 2.04 bits per heavy atom. The average Bonchev–Trinajstić information content (AvgIpc) is 2.87. The molecule has 0 aromatic carbocycles. The fourth-order valence-corrected chi connectivity index (χ4v) is 3.56. The number of sulfone groups is 1. The van der Waals surface area contributed by atoms with E-state index in [4.69, 9.17) is 0 Å². The van der Waals surface area contributed by atoms with Gasteiger partial charge in [0.15, 0.2) is 0 Å². The average molecular weight is 356 g/mol. The molecule has 0 aliphatic carbocycles. The monoisotopic (exact) mass is 356 g/mol. The lowest BCUT2D eigenvalue weighted by Crippen LogP contribution is -2.45. The van der Waals surface area contributed by atoms with Gasteiger partial charge in [0.05, 0.1) is 11.4 Å². The number of piperidine rings is 1. The lowest BCUT2D eigenvalue weighted by atomic mass is 10.0. The van der Waals surface area contributed by atoms with Gasteiger partial charge >= 0.3 is 0 Å². The van der Waals surface area contributed by atoms with E-state index in [1.165, 1.54) is 6.26 Å². The van der Waals surface area contributed by atoms with Crippen molar-refractivity contribution in [1.29, 1.82) is 0 Å². The number of carbonyl (C=O) groups is 1. The van der Waals surface area contributed by atoms with Gasteiger partial charge in [0.2, 0.25) is 0 Å². The van der Waals surface area contributed by atoms with Crippen LogP contribution in [0.3, 0.4) is 0 Å². The molecule has 136 valence electrons. The second-order valence-electron chi connectivity index (χ2n) is 6.61. The van der Waals surface area contributed by atoms with E-state index in [0.29, 0.717) is 12.2 Å². The first kappa shape index (κ1) is 18.9. The molecule has 1 aromatic rings. The van der Waals surface area contributed by atoms with E-state index in [2.05, 4.69) is 22.2 Å². The maximum absolute atomic E-state index is 12.4. The second kappa shape index (κ2) is 8.11. The molecule has 24 heavy (non-hydrogen) atoms. The van der Waals surface area contributed by atoms with Gasteiger partial charge in [0, 0.05) is 39.0 Å². The molecule has 1 aliphatic rings. The van der Waals surface area contributed by atoms with Crippen LogP contribution in [0.25, 0.3) is 0 Å². The Hall–Kier alpha value is -1.41. The number of hydrogen-bond donors (Lipinski definition) is 1. The van der Waals surface area contributed by atoms with Crippen molar-refractivity contribution in [3.63, 3.8) is 0 Å². The Morgan fingerprint density at radius 3 is 2.62 bits per heavy atom. The molecule has 0 saturated carbocycles. The van der Waals surface area contributed by atoms with Gasteiger partial charge in [0.1, 0.15) is 15.5 Å². The molecule has 7 nitrogen and oxygen atoms in total. The molecule has 0 radical (unpaired) electrons. The summed E-state index contributed by atoms with van der Waals surface area (Å²) in [5, 5.41) is 7.44. The van der Waals surface area contributed by atoms with Crippen molar-refractivity contribution in [2.45, 2.75) is 38.6 Å². The predicted octanol–water partition coefficient (Wildman–Crippen LogP) is 0.611. The number of amides is 1. The molecule has 0 unspecified atom stereocenters. The molecular weight excluding hydrogens is 328 g/mol. The Kier molecular flexibility index (Phi) is 6.40. The standard InChI is InChI=1S/C16H28N4O3S/c1-4-5-14-12-15(19(2)18-14)16(21)17-13-6-8-20(9-7-13)10-11-24(3,22)23/h12-13H,4-11H2,1-3H3,(H,17,21). The minimum atomic E-state index is -2.92. The molecule has 2 heterocycles. The summed E-state index contributed by atoms with van der Waals surface area (Å²) >= 11 is 0. The van der Waals surface area contributed by atoms with Crippen LogP contribution in [0.4, 0.5) is 0 Å². The van der Waals surface area contributed by atoms with Crippen molar-refractivity contribution in [2.75, 3.05) is 31.6 Å². The summed E-state index contributed by atoms with van der Waals surface area (Å²) in [6.07, 6.45) is 4.83. The molecule has 1 N–H and O–H groups in total. The quantitative estimate of drug-likeness (QED) is 0.774. The predicted molar refractivity (Wildman–Crippen MR) is 93.8 cm³/mol. The van der Waals surface area contributed by atoms with Gasteiger partial charge in [-0.2, -0.15) is 5.10 Å². The first-order valence-electron chi connectivity index (χ1n) is 8.52. The van der Waals surface area contributed by atoms with Gasteiger partial charge in [-0.05, 0) is 25.3 Å². The molecule has 1 amide bonds. The Labute approximate surface area is 144 Å². The molecular formula is C16H28N4O3S. The Balaban J connectivity index is 1.82. The maximum atomic E-state index is 12.4. The molecule has 0 atom stereocenters. The number of hydrogen-bond acceptors (Lipinski definition) is 5. The highest BCUT2D eigenvalue weighted by molar-refractivity contribution is 7.90. The lowest BCUT2D eigenvalue weighted by Gasteiger charge is -2.32. The van der Waals surface area contributed by atoms with E-state index in [0.717, 1.165) is 44.5 Å². The maximum Gasteiger partial charge on any atom is 0.269 e. The summed E-state index contributed by atoms with van der Waals surface area (Å²) in [5.74, 6) is 0.112. The highest BCUT2D eigenvalue weighted by Crippen LogP contribution is 2.12. The van der Waals surface area contributed by atoms with Crippen molar-refractivity contribution in [3.8, 4) is 0 Å². The molecule has 1 aromatic heterocycles. The zero-order chi connectivity index (χ0) is 17.7. The molecule has 1 saturated heterocycles. The van der Waals surface area contributed by atoms with Crippen LogP contribution in [0.15, 0.2) is 6.07 Å². The normalized spacial score (nSPS) is 17.1. The number of rotatable bonds is 7. The fourth-order valence-electron chi connectivity index (χ4n) is 2.97. The van der Waals surface area contributed by atoms with Crippen LogP contribution >= 0.6 is 0 Å². The van der Waals surface area contributed by atoms with Gasteiger partial charge < -0.3 is 10.2 Å². The molecule has 1 fully saturated rings. The lowest BCUT2D eigenvalue weighted by molar-refractivity contribution is 0.0903. The Morgan fingerprint density at radius 1 is 1.38 bits per heavy atom. The summed E-state index contributed by atoms with van der Waals surface area (Å²) in [6.45, 7) is 4.29. The molecule has 2 rings (SSSR count). The van der Waals surface area contributed by atoms with Crippen LogP contribution in [0, 0.1) is 0 Å². The van der Waals surface area contributed by atoms with E-state index < -0.39 is 9.84 Å². The van der Waals surface area contributed by atoms with Crippen molar-refractivity contribution >= 4 is 15.7 Å². The van der Waals surface area contributed by atoms with Gasteiger partial charge in [-0.15, -0.1) is 0 Å². The SMILES string of the molecule is CCCc1cc(C(=O)NC2CCN(CCS(C)(=O)=O)CC2)n(C)n1. The van der Waals surface area contributed by atoms with Crippen LogP contribution in [-0.2, 0) is 23.3 Å². The zero-order valence-corrected chi connectivity index (χ0v) is 15.6. The number of carbonyl (C=O) groups excluding carboxylic acids is 1. The van der Waals surface area contributed by atoms with Gasteiger partial charge in [-0.3, -0.25) is 9.48 Å². The van der Waals surface area contributed by atoms with Crippen molar-refractivity contribution < 1.29 is 13.2 Å². The summed E-state index contributed by atoms with van der Waals surface area (Å²) in [7, 11) is -1.13. The fraction of sp³-hybridized carbons (Fsp3) is 0.750. The van der Waals surface area contributed by atoms with Crippen LogP contribution in [0.5, 0.6) is 0 Å². The highest BCUT2D eigenvalue weighted by Gasteiger charge is 2.23. The van der Waals surface area contributed by atoms with Crippen LogP contribution in [0.1, 0.15) is 42.4 Å². The van der Waals surface area contributed by atoms with Crippen molar-refractivity contribution in [3.05, 3.63) is 17.5 Å². The van der Waals surface area contributed by atoms with Gasteiger partial charge in [0.25, 0.3) is 5.91 Å². The third-order valence-electron chi connectivity index (χ3n) is 4.37. The second-order valence-corrected chi connectivity index (χ2v) is 8.87. The third kappa shape index (κ3) is 5.59. The topological polar surface area (TPSA) is 84.3 Å². The highest BCUT2D eigenvalue weighted by atomic mass is 32.2. The summed E-state index contributed by atoms with van der Waals surface area (Å²) in [5.41, 5.74) is 1.54. The number of nitrogens with one attached hydrogen (secondary N) is 1. The van der Waals surface area contributed by atoms with E-state index in [-0.39, 0.29) is 17.7 Å². The zero-order valence-electron chi connectivity index (χ0n) is 14.8. The number of nitrogens with zero attached hydrogens (tertiary/aromatic N) is 3. The van der Waals surface area contributed by atoms with E-state index >= 15 is 0 Å². The largest absolute Gasteiger partial charge is 0.348 e. The van der Waals surface area contributed by atoms with E-state index in [9.17, 15) is 13.2 Å². The molecule has 0 spiro atoms. The van der Waals surface area contributed by atoms with Crippen LogP contribution in [-0.4, -0.2) is 66.7 Å². The van der Waals surface area contributed by atoms with Crippen LogP contribution in [0.2, 0.25) is 0 Å². The molecule has 8 heteroatoms.